The van der Waals surface area contributed by atoms with E-state index < -0.39 is 12.9 Å². The molecule has 3 amide bonds. The van der Waals surface area contributed by atoms with Gasteiger partial charge in [-0.25, -0.2) is 9.78 Å². The molecule has 1 saturated heterocycles. The van der Waals surface area contributed by atoms with Crippen LogP contribution in [0, 0.1) is 0 Å². The van der Waals surface area contributed by atoms with Crippen molar-refractivity contribution in [3.05, 3.63) is 30.2 Å². The summed E-state index contributed by atoms with van der Waals surface area (Å²) in [5, 5.41) is 21.3. The third-order valence-corrected chi connectivity index (χ3v) is 5.29. The maximum Gasteiger partial charge on any atom is 0.326 e. The summed E-state index contributed by atoms with van der Waals surface area (Å²) in [7, 11) is 3.13. The molecule has 2 N–H and O–H groups in total. The quantitative estimate of drug-likeness (QED) is 0.525. The van der Waals surface area contributed by atoms with Gasteiger partial charge in [-0.2, -0.15) is 15.0 Å². The first-order valence-corrected chi connectivity index (χ1v) is 10.4. The van der Waals surface area contributed by atoms with E-state index >= 15 is 0 Å². The van der Waals surface area contributed by atoms with Crippen LogP contribution in [0.4, 0.5) is 22.1 Å². The van der Waals surface area contributed by atoms with E-state index in [1.165, 1.54) is 29.1 Å². The van der Waals surface area contributed by atoms with Crippen molar-refractivity contribution in [3.63, 3.8) is 0 Å². The minimum Gasteiger partial charge on any atom is -0.492 e. The minimum absolute atomic E-state index is 0.00956. The van der Waals surface area contributed by atoms with Gasteiger partial charge in [0.15, 0.2) is 23.1 Å². The molecule has 1 fully saturated rings. The van der Waals surface area contributed by atoms with Gasteiger partial charge in [-0.3, -0.25) is 9.69 Å². The van der Waals surface area contributed by atoms with E-state index in [9.17, 15) is 9.59 Å². The number of ether oxygens (including phenoxy) is 1. The molecule has 0 aliphatic carbocycles. The van der Waals surface area contributed by atoms with Crippen molar-refractivity contribution < 1.29 is 18.4 Å². The van der Waals surface area contributed by atoms with Gasteiger partial charge < -0.3 is 20.3 Å². The van der Waals surface area contributed by atoms with Gasteiger partial charge in [0.2, 0.25) is 0 Å². The van der Waals surface area contributed by atoms with Crippen molar-refractivity contribution >= 4 is 29.3 Å². The molecule has 0 atom stereocenters. The molecule has 1 aliphatic rings. The molecule has 1 aliphatic heterocycles. The second-order valence-corrected chi connectivity index (χ2v) is 7.72. The van der Waals surface area contributed by atoms with Gasteiger partial charge in [0, 0.05) is 49.5 Å². The summed E-state index contributed by atoms with van der Waals surface area (Å²) >= 11 is 0. The first kappa shape index (κ1) is 19.2. The lowest BCUT2D eigenvalue weighted by Gasteiger charge is -2.21. The minimum atomic E-state index is -2.75. The molecule has 4 rings (SSSR count). The molecule has 0 saturated carbocycles. The van der Waals surface area contributed by atoms with Crippen LogP contribution in [-0.2, 0) is 7.05 Å². The Labute approximate surface area is 200 Å². The number of rotatable bonds is 7. The van der Waals surface area contributed by atoms with Crippen LogP contribution in [-0.4, -0.2) is 80.2 Å². The number of hydrogen-bond donors (Lipinski definition) is 2. The van der Waals surface area contributed by atoms with Gasteiger partial charge in [-0.05, 0) is 19.9 Å². The van der Waals surface area contributed by atoms with Gasteiger partial charge in [-0.1, -0.05) is 0 Å². The van der Waals surface area contributed by atoms with Gasteiger partial charge in [0.25, 0.3) is 5.91 Å². The van der Waals surface area contributed by atoms with Crippen LogP contribution < -0.4 is 20.3 Å². The Kier molecular flexibility index (Phi) is 5.25. The maximum absolute atomic E-state index is 12.9. The van der Waals surface area contributed by atoms with Crippen LogP contribution in [0.15, 0.2) is 24.5 Å². The topological polar surface area (TPSA) is 143 Å². The number of anilines is 3. The number of pyridine rings is 1. The predicted molar refractivity (Wildman–Crippen MR) is 124 cm³/mol. The Balaban J connectivity index is 1.77. The highest BCUT2D eigenvalue weighted by Gasteiger charge is 2.33. The van der Waals surface area contributed by atoms with Gasteiger partial charge >= 0.3 is 6.03 Å². The van der Waals surface area contributed by atoms with Crippen LogP contribution in [0.1, 0.15) is 28.4 Å². The number of amides is 3. The van der Waals surface area contributed by atoms with Crippen LogP contribution in [0.25, 0.3) is 11.3 Å². The summed E-state index contributed by atoms with van der Waals surface area (Å²) in [5.74, 6) is -0.303. The molecule has 0 aromatic carbocycles. The number of urea groups is 1. The maximum atomic E-state index is 12.9. The van der Waals surface area contributed by atoms with Gasteiger partial charge in [0.05, 0.1) is 24.6 Å². The largest absolute Gasteiger partial charge is 0.492 e. The van der Waals surface area contributed by atoms with Gasteiger partial charge in [0.1, 0.15) is 5.69 Å². The predicted octanol–water partition coefficient (Wildman–Crippen LogP) is 1.43. The molecule has 0 radical (unpaired) electrons. The fourth-order valence-corrected chi connectivity index (χ4v) is 3.62. The lowest BCUT2D eigenvalue weighted by Crippen LogP contribution is -2.36. The highest BCUT2D eigenvalue weighted by molar-refractivity contribution is 6.00. The van der Waals surface area contributed by atoms with Crippen molar-refractivity contribution in [1.29, 1.82) is 0 Å². The van der Waals surface area contributed by atoms with E-state index in [0.29, 0.717) is 30.1 Å². The summed E-state index contributed by atoms with van der Waals surface area (Å²) in [6, 6.07) is 2.87. The Morgan fingerprint density at radius 1 is 1.29 bits per heavy atom. The number of aromatic nitrogens is 6. The number of carbonyl (C=O) groups is 2. The molecule has 3 aromatic heterocycles. The Morgan fingerprint density at radius 2 is 2.12 bits per heavy atom. The highest BCUT2D eigenvalue weighted by Crippen LogP contribution is 2.36. The van der Waals surface area contributed by atoms with Crippen LogP contribution in [0.2, 0.25) is 0 Å². The zero-order valence-electron chi connectivity index (χ0n) is 22.1. The van der Waals surface area contributed by atoms with E-state index in [0.717, 1.165) is 0 Å². The average molecular weight is 470 g/mol. The fraction of sp³-hybridized carbons (Fsp3) is 0.381. The van der Waals surface area contributed by atoms with Crippen molar-refractivity contribution in [3.8, 4) is 17.0 Å². The molecule has 0 unspecified atom stereocenters. The third kappa shape index (κ3) is 4.19. The van der Waals surface area contributed by atoms with Crippen LogP contribution in [0.5, 0.6) is 5.75 Å². The van der Waals surface area contributed by atoms with Crippen molar-refractivity contribution in [2.24, 2.45) is 7.05 Å². The zero-order valence-corrected chi connectivity index (χ0v) is 19.1. The summed E-state index contributed by atoms with van der Waals surface area (Å²) < 4.78 is 27.7. The summed E-state index contributed by atoms with van der Waals surface area (Å²) in [6.45, 7) is 1.93. The second kappa shape index (κ2) is 9.29. The monoisotopic (exact) mass is 469 g/mol. The van der Waals surface area contributed by atoms with Crippen LogP contribution >= 0.6 is 0 Å². The molecule has 0 bridgehead atoms. The number of methoxy groups -OCH3 is 1. The van der Waals surface area contributed by atoms with Crippen LogP contribution in [0.3, 0.4) is 0 Å². The number of hydrogen-bond acceptors (Lipinski definition) is 9. The average Bonchev–Trinajstić information content (AvgIpc) is 3.43. The summed E-state index contributed by atoms with van der Waals surface area (Å²) in [5.41, 5.74) is 0.868. The SMILES string of the molecule is [2H]C([2H])([2H])NC(=O)c1nnc(N2CCN(C(C)C)C2=O)cc1Nc1nccc(-c2cnn(C)n2)c1OC. The molecular weight excluding hydrogens is 440 g/mol. The molecular formula is C21H26N10O3. The summed E-state index contributed by atoms with van der Waals surface area (Å²) in [4.78, 5) is 34.5. The third-order valence-electron chi connectivity index (χ3n) is 5.29. The fourth-order valence-electron chi connectivity index (χ4n) is 3.62. The van der Waals surface area contributed by atoms with Crippen molar-refractivity contribution in [2.75, 3.05) is 37.4 Å². The highest BCUT2D eigenvalue weighted by atomic mass is 16.5. The number of carbonyl (C=O) groups excluding carboxylic acids is 2. The van der Waals surface area contributed by atoms with Crippen molar-refractivity contribution in [2.45, 2.75) is 19.9 Å². The molecule has 4 heterocycles. The Morgan fingerprint density at radius 3 is 2.76 bits per heavy atom. The lowest BCUT2D eigenvalue weighted by atomic mass is 10.2. The number of nitrogens with one attached hydrogen (secondary N) is 2. The van der Waals surface area contributed by atoms with Gasteiger partial charge in [-0.15, -0.1) is 10.2 Å². The normalized spacial score (nSPS) is 15.2. The standard InChI is InChI=1S/C21H26N10O3/c1-12(2)30-8-9-31(21(30)33)16-10-14(17(27-26-16)20(32)22-3)25-19-18(34-5)13(6-7-23-19)15-11-24-29(4)28-15/h6-7,10-12H,8-9H2,1-5H3,(H,22,32)(H,23,25,26)/i3D3. The second-order valence-electron chi connectivity index (χ2n) is 7.72. The number of aryl methyl sites for hydroxylation is 1. The Hall–Kier alpha value is -4.29. The molecule has 13 heteroatoms. The lowest BCUT2D eigenvalue weighted by molar-refractivity contribution is 0.0958. The molecule has 0 spiro atoms. The van der Waals surface area contributed by atoms with E-state index in [1.807, 2.05) is 19.2 Å². The van der Waals surface area contributed by atoms with Crippen molar-refractivity contribution in [1.82, 2.24) is 40.4 Å². The summed E-state index contributed by atoms with van der Waals surface area (Å²) in [6.07, 6.45) is 3.07. The molecule has 13 nitrogen and oxygen atoms in total. The van der Waals surface area contributed by atoms with E-state index in [2.05, 4.69) is 30.7 Å². The van der Waals surface area contributed by atoms with E-state index in [1.54, 1.807) is 24.2 Å². The molecule has 34 heavy (non-hydrogen) atoms. The first-order chi connectivity index (χ1) is 17.5. The van der Waals surface area contributed by atoms with E-state index in [-0.39, 0.29) is 35.1 Å². The Bertz CT molecular complexity index is 1330. The molecule has 3 aromatic rings. The first-order valence-electron chi connectivity index (χ1n) is 11.9. The number of nitrogens with zero attached hydrogens (tertiary/aromatic N) is 8. The van der Waals surface area contributed by atoms with E-state index in [4.69, 9.17) is 8.85 Å². The smallest absolute Gasteiger partial charge is 0.326 e. The molecule has 178 valence electrons. The zero-order chi connectivity index (χ0) is 26.9.